The Labute approximate surface area is 173 Å². The van der Waals surface area contributed by atoms with Crippen LogP contribution in [0.15, 0.2) is 109 Å². The van der Waals surface area contributed by atoms with Crippen LogP contribution in [0.1, 0.15) is 5.56 Å². The predicted octanol–water partition coefficient (Wildman–Crippen LogP) is 4.77. The number of nitrogen functional groups attached to an aromatic ring is 1. The lowest BCUT2D eigenvalue weighted by atomic mass is 10.2. The van der Waals surface area contributed by atoms with Crippen LogP contribution in [0.2, 0.25) is 0 Å². The fourth-order valence-corrected chi connectivity index (χ4v) is 8.15. The van der Waals surface area contributed by atoms with Crippen LogP contribution >= 0.6 is 7.26 Å². The Bertz CT molecular complexity index is 969. The molecule has 0 heterocycles. The van der Waals surface area contributed by atoms with Gasteiger partial charge in [-0.25, -0.2) is 0 Å². The van der Waals surface area contributed by atoms with E-state index in [9.17, 15) is 0 Å². The SMILES string of the molecule is COc1ccc(C[P+](c2ccccc2)(c2ccccc2)c2ccccc2)cc1N. The summed E-state index contributed by atoms with van der Waals surface area (Å²) in [6.07, 6.45) is 0.902. The summed E-state index contributed by atoms with van der Waals surface area (Å²) in [4.78, 5) is 0. The Morgan fingerprint density at radius 3 is 1.48 bits per heavy atom. The minimum atomic E-state index is -1.91. The number of hydrogen-bond acceptors (Lipinski definition) is 2. The summed E-state index contributed by atoms with van der Waals surface area (Å²) < 4.78 is 5.37. The molecule has 0 unspecified atom stereocenters. The van der Waals surface area contributed by atoms with Crippen LogP contribution in [0, 0.1) is 0 Å². The topological polar surface area (TPSA) is 35.2 Å². The molecule has 0 aliphatic rings. The Morgan fingerprint density at radius 2 is 1.10 bits per heavy atom. The van der Waals surface area contributed by atoms with Crippen LogP contribution < -0.4 is 26.4 Å². The number of hydrogen-bond donors (Lipinski definition) is 1. The first-order valence-electron chi connectivity index (χ1n) is 9.71. The number of anilines is 1. The van der Waals surface area contributed by atoms with Crippen molar-refractivity contribution in [2.45, 2.75) is 6.16 Å². The van der Waals surface area contributed by atoms with E-state index in [4.69, 9.17) is 10.5 Å². The standard InChI is InChI=1S/C26H25NOP/c1-28-26-18-17-21(19-25(26)27)20-29(22-11-5-2-6-12-22,23-13-7-3-8-14-23)24-15-9-4-10-16-24/h2-19H,20,27H2,1H3/q+1. The van der Waals surface area contributed by atoms with Gasteiger partial charge in [0.15, 0.2) is 0 Å². The molecule has 0 spiro atoms. The molecular formula is C26H25NOP+. The molecule has 0 radical (unpaired) electrons. The maximum Gasteiger partial charge on any atom is 0.141 e. The van der Waals surface area contributed by atoms with E-state index in [0.717, 1.165) is 11.9 Å². The molecule has 0 fully saturated rings. The summed E-state index contributed by atoms with van der Waals surface area (Å²) in [6, 6.07) is 38.8. The lowest BCUT2D eigenvalue weighted by Crippen LogP contribution is -2.32. The molecule has 4 rings (SSSR count). The van der Waals surface area contributed by atoms with E-state index in [-0.39, 0.29) is 0 Å². The van der Waals surface area contributed by atoms with Crippen molar-refractivity contribution in [1.29, 1.82) is 0 Å². The van der Waals surface area contributed by atoms with E-state index < -0.39 is 7.26 Å². The number of methoxy groups -OCH3 is 1. The predicted molar refractivity (Wildman–Crippen MR) is 126 cm³/mol. The van der Waals surface area contributed by atoms with E-state index in [2.05, 4.69) is 103 Å². The lowest BCUT2D eigenvalue weighted by Gasteiger charge is -2.28. The number of benzene rings is 4. The molecule has 144 valence electrons. The highest BCUT2D eigenvalue weighted by Gasteiger charge is 2.45. The normalized spacial score (nSPS) is 11.2. The van der Waals surface area contributed by atoms with Crippen molar-refractivity contribution >= 4 is 28.9 Å². The van der Waals surface area contributed by atoms with Gasteiger partial charge in [0.05, 0.1) is 19.0 Å². The first kappa shape index (κ1) is 19.2. The van der Waals surface area contributed by atoms with Crippen LogP contribution in [0.4, 0.5) is 5.69 Å². The second kappa shape index (κ2) is 8.51. The van der Waals surface area contributed by atoms with Crippen molar-refractivity contribution in [3.8, 4) is 5.75 Å². The summed E-state index contributed by atoms with van der Waals surface area (Å²) in [5.41, 5.74) is 8.15. The highest BCUT2D eigenvalue weighted by Crippen LogP contribution is 2.58. The van der Waals surface area contributed by atoms with E-state index in [1.54, 1.807) is 7.11 Å². The third-order valence-electron chi connectivity index (χ3n) is 5.30. The van der Waals surface area contributed by atoms with Gasteiger partial charge in [0, 0.05) is 0 Å². The maximum absolute atomic E-state index is 6.25. The lowest BCUT2D eigenvalue weighted by molar-refractivity contribution is 0.417. The van der Waals surface area contributed by atoms with Gasteiger partial charge in [-0.1, -0.05) is 60.7 Å². The van der Waals surface area contributed by atoms with Crippen molar-refractivity contribution in [2.24, 2.45) is 0 Å². The zero-order valence-electron chi connectivity index (χ0n) is 16.5. The molecule has 2 nitrogen and oxygen atoms in total. The first-order valence-corrected chi connectivity index (χ1v) is 11.7. The quantitative estimate of drug-likeness (QED) is 0.375. The van der Waals surface area contributed by atoms with Gasteiger partial charge >= 0.3 is 0 Å². The van der Waals surface area contributed by atoms with Crippen molar-refractivity contribution in [2.75, 3.05) is 12.8 Å². The van der Waals surface area contributed by atoms with Gasteiger partial charge in [-0.05, 0) is 54.1 Å². The van der Waals surface area contributed by atoms with Gasteiger partial charge in [-0.15, -0.1) is 0 Å². The Kier molecular flexibility index (Phi) is 5.64. The third kappa shape index (κ3) is 3.77. The molecule has 2 N–H and O–H groups in total. The van der Waals surface area contributed by atoms with Gasteiger partial charge in [-0.3, -0.25) is 0 Å². The highest BCUT2D eigenvalue weighted by atomic mass is 31.2. The Hall–Kier alpha value is -3.09. The molecule has 29 heavy (non-hydrogen) atoms. The smallest absolute Gasteiger partial charge is 0.141 e. The van der Waals surface area contributed by atoms with Crippen molar-refractivity contribution < 1.29 is 4.74 Å². The van der Waals surface area contributed by atoms with Crippen LogP contribution in [-0.4, -0.2) is 7.11 Å². The van der Waals surface area contributed by atoms with Gasteiger partial charge in [0.25, 0.3) is 0 Å². The zero-order chi connectivity index (χ0) is 20.1. The number of nitrogens with two attached hydrogens (primary N) is 1. The second-order valence-corrected chi connectivity index (χ2v) is 10.5. The summed E-state index contributed by atoms with van der Waals surface area (Å²) >= 11 is 0. The van der Waals surface area contributed by atoms with Gasteiger partial charge in [-0.2, -0.15) is 0 Å². The minimum absolute atomic E-state index is 0.678. The largest absolute Gasteiger partial charge is 0.495 e. The molecule has 0 aliphatic carbocycles. The van der Waals surface area contributed by atoms with Gasteiger partial charge in [0.1, 0.15) is 28.9 Å². The molecule has 0 saturated heterocycles. The summed E-state index contributed by atoms with van der Waals surface area (Å²) in [5, 5.41) is 4.10. The minimum Gasteiger partial charge on any atom is -0.495 e. The summed E-state index contributed by atoms with van der Waals surface area (Å²) in [5.74, 6) is 0.719. The molecule has 0 aromatic heterocycles. The molecule has 0 amide bonds. The molecular weight excluding hydrogens is 373 g/mol. The summed E-state index contributed by atoms with van der Waals surface area (Å²) in [7, 11) is -0.262. The Balaban J connectivity index is 1.96. The second-order valence-electron chi connectivity index (χ2n) is 7.05. The van der Waals surface area contributed by atoms with Crippen LogP contribution in [0.3, 0.4) is 0 Å². The fourth-order valence-electron chi connectivity index (χ4n) is 3.92. The zero-order valence-corrected chi connectivity index (χ0v) is 17.4. The van der Waals surface area contributed by atoms with Crippen LogP contribution in [0.5, 0.6) is 5.75 Å². The van der Waals surface area contributed by atoms with Gasteiger partial charge in [0.2, 0.25) is 0 Å². The highest BCUT2D eigenvalue weighted by molar-refractivity contribution is 7.95. The van der Waals surface area contributed by atoms with Crippen molar-refractivity contribution in [1.82, 2.24) is 0 Å². The fraction of sp³-hybridized carbons (Fsp3) is 0.0769. The monoisotopic (exact) mass is 398 g/mol. The number of rotatable bonds is 6. The van der Waals surface area contributed by atoms with E-state index in [1.807, 2.05) is 6.07 Å². The summed E-state index contributed by atoms with van der Waals surface area (Å²) in [6.45, 7) is 0. The number of ether oxygens (including phenoxy) is 1. The molecule has 4 aromatic rings. The molecule has 3 heteroatoms. The van der Waals surface area contributed by atoms with E-state index in [1.165, 1.54) is 21.5 Å². The molecule has 0 aliphatic heterocycles. The van der Waals surface area contributed by atoms with Crippen molar-refractivity contribution in [3.63, 3.8) is 0 Å². The molecule has 4 aromatic carbocycles. The van der Waals surface area contributed by atoms with E-state index >= 15 is 0 Å². The van der Waals surface area contributed by atoms with Crippen LogP contribution in [-0.2, 0) is 6.16 Å². The van der Waals surface area contributed by atoms with E-state index in [0.29, 0.717) is 5.69 Å². The first-order chi connectivity index (χ1) is 14.2. The van der Waals surface area contributed by atoms with Crippen molar-refractivity contribution in [3.05, 3.63) is 115 Å². The molecule has 0 saturated carbocycles. The molecule has 0 atom stereocenters. The maximum atomic E-state index is 6.25. The average molecular weight is 398 g/mol. The Morgan fingerprint density at radius 1 is 0.655 bits per heavy atom. The van der Waals surface area contributed by atoms with Crippen LogP contribution in [0.25, 0.3) is 0 Å². The van der Waals surface area contributed by atoms with Gasteiger partial charge < -0.3 is 10.5 Å². The molecule has 0 bridgehead atoms. The average Bonchev–Trinajstić information content (AvgIpc) is 2.79. The third-order valence-corrected chi connectivity index (χ3v) is 9.68.